The maximum Gasteiger partial charge on any atom is 0.162 e. The van der Waals surface area contributed by atoms with Gasteiger partial charge in [0.25, 0.3) is 0 Å². The molecule has 1 aromatic carbocycles. The highest BCUT2D eigenvalue weighted by molar-refractivity contribution is 7.13. The summed E-state index contributed by atoms with van der Waals surface area (Å²) in [7, 11) is 1.67. The van der Waals surface area contributed by atoms with E-state index in [1.54, 1.807) is 24.7 Å². The van der Waals surface area contributed by atoms with Gasteiger partial charge in [-0.3, -0.25) is 4.90 Å². The fourth-order valence-electron chi connectivity index (χ4n) is 3.44. The van der Waals surface area contributed by atoms with Crippen molar-refractivity contribution in [2.45, 2.75) is 13.0 Å². The highest BCUT2D eigenvalue weighted by atomic mass is 32.1. The molecule has 4 rings (SSSR count). The van der Waals surface area contributed by atoms with Gasteiger partial charge < -0.3 is 18.8 Å². The summed E-state index contributed by atoms with van der Waals surface area (Å²) < 4.78 is 16.4. The molecule has 0 aliphatic carbocycles. The normalized spacial score (nSPS) is 15.5. The molecule has 1 aliphatic heterocycles. The van der Waals surface area contributed by atoms with Gasteiger partial charge in [0.1, 0.15) is 11.5 Å². The van der Waals surface area contributed by atoms with Crippen LogP contribution in [0.5, 0.6) is 11.5 Å². The van der Waals surface area contributed by atoms with Crippen LogP contribution in [0, 0.1) is 0 Å². The van der Waals surface area contributed by atoms with Crippen molar-refractivity contribution in [1.29, 1.82) is 0 Å². The van der Waals surface area contributed by atoms with Gasteiger partial charge in [-0.1, -0.05) is 0 Å². The smallest absolute Gasteiger partial charge is 0.162 e. The minimum Gasteiger partial charge on any atom is -0.497 e. The third kappa shape index (κ3) is 5.59. The first-order chi connectivity index (χ1) is 14.3. The molecule has 0 amide bonds. The molecule has 0 saturated carbocycles. The molecule has 0 spiro atoms. The van der Waals surface area contributed by atoms with Gasteiger partial charge in [-0.05, 0) is 42.8 Å². The van der Waals surface area contributed by atoms with Crippen LogP contribution >= 0.6 is 11.3 Å². The van der Waals surface area contributed by atoms with Crippen LogP contribution in [0.4, 0.5) is 0 Å². The summed E-state index contributed by atoms with van der Waals surface area (Å²) in [5, 5.41) is 3.10. The van der Waals surface area contributed by atoms with Gasteiger partial charge in [0.15, 0.2) is 10.8 Å². The minimum absolute atomic E-state index is 0.737. The predicted octanol–water partition coefficient (Wildman–Crippen LogP) is 4.00. The van der Waals surface area contributed by atoms with Crippen LogP contribution < -0.4 is 9.47 Å². The monoisotopic (exact) mass is 413 g/mol. The Morgan fingerprint density at radius 3 is 2.52 bits per heavy atom. The number of aromatic nitrogens is 1. The number of rotatable bonds is 9. The largest absolute Gasteiger partial charge is 0.497 e. The van der Waals surface area contributed by atoms with Gasteiger partial charge >= 0.3 is 0 Å². The number of benzene rings is 1. The molecule has 7 heteroatoms. The fraction of sp³-hybridized carbons (Fsp3) is 0.409. The average molecular weight is 414 g/mol. The van der Waals surface area contributed by atoms with Crippen molar-refractivity contribution in [3.63, 3.8) is 0 Å². The van der Waals surface area contributed by atoms with Gasteiger partial charge in [-0.2, -0.15) is 0 Å². The van der Waals surface area contributed by atoms with Crippen molar-refractivity contribution >= 4 is 11.3 Å². The Labute approximate surface area is 175 Å². The summed E-state index contributed by atoms with van der Waals surface area (Å²) in [6, 6.07) is 11.6. The summed E-state index contributed by atoms with van der Waals surface area (Å²) in [6.45, 7) is 7.06. The number of furan rings is 1. The molecule has 0 unspecified atom stereocenters. The molecular weight excluding hydrogens is 386 g/mol. The fourth-order valence-corrected chi connectivity index (χ4v) is 4.22. The zero-order valence-electron chi connectivity index (χ0n) is 16.8. The maximum atomic E-state index is 5.82. The lowest BCUT2D eigenvalue weighted by atomic mass is 10.2. The molecule has 3 heterocycles. The van der Waals surface area contributed by atoms with Crippen molar-refractivity contribution in [2.75, 3.05) is 46.4 Å². The number of hydrogen-bond donors (Lipinski definition) is 0. The highest BCUT2D eigenvalue weighted by Crippen LogP contribution is 2.24. The molecule has 2 aromatic heterocycles. The molecule has 1 aliphatic rings. The second-order valence-corrected chi connectivity index (χ2v) is 7.97. The summed E-state index contributed by atoms with van der Waals surface area (Å²) in [4.78, 5) is 9.71. The Kier molecular flexibility index (Phi) is 6.82. The van der Waals surface area contributed by atoms with Crippen molar-refractivity contribution in [3.8, 4) is 22.3 Å². The molecule has 1 fully saturated rings. The lowest BCUT2D eigenvalue weighted by Gasteiger charge is -2.34. The molecule has 1 saturated heterocycles. The van der Waals surface area contributed by atoms with E-state index in [0.717, 1.165) is 80.3 Å². The van der Waals surface area contributed by atoms with Gasteiger partial charge in [0.2, 0.25) is 0 Å². The van der Waals surface area contributed by atoms with Gasteiger partial charge in [0.05, 0.1) is 25.7 Å². The Balaban J connectivity index is 1.13. The van der Waals surface area contributed by atoms with E-state index in [-0.39, 0.29) is 0 Å². The predicted molar refractivity (Wildman–Crippen MR) is 115 cm³/mol. The number of ether oxygens (including phenoxy) is 2. The summed E-state index contributed by atoms with van der Waals surface area (Å²) in [6.07, 6.45) is 2.72. The molecule has 0 N–H and O–H groups in total. The topological polar surface area (TPSA) is 51.0 Å². The van der Waals surface area contributed by atoms with Crippen molar-refractivity contribution in [3.05, 3.63) is 53.7 Å². The van der Waals surface area contributed by atoms with Gasteiger partial charge in [-0.15, -0.1) is 11.3 Å². The van der Waals surface area contributed by atoms with Crippen LogP contribution in [0.25, 0.3) is 10.8 Å². The zero-order chi connectivity index (χ0) is 19.9. The zero-order valence-corrected chi connectivity index (χ0v) is 17.6. The molecule has 29 heavy (non-hydrogen) atoms. The number of methoxy groups -OCH3 is 1. The molecule has 154 valence electrons. The van der Waals surface area contributed by atoms with E-state index < -0.39 is 0 Å². The van der Waals surface area contributed by atoms with Crippen LogP contribution in [0.2, 0.25) is 0 Å². The number of piperazine rings is 1. The quantitative estimate of drug-likeness (QED) is 0.494. The molecule has 0 atom stereocenters. The molecule has 3 aromatic rings. The van der Waals surface area contributed by atoms with E-state index in [2.05, 4.69) is 15.2 Å². The third-order valence-corrected chi connectivity index (χ3v) is 5.99. The van der Waals surface area contributed by atoms with E-state index >= 15 is 0 Å². The summed E-state index contributed by atoms with van der Waals surface area (Å²) in [5.41, 5.74) is 1.13. The molecular formula is C22H27N3O3S. The second-order valence-electron chi connectivity index (χ2n) is 7.12. The highest BCUT2D eigenvalue weighted by Gasteiger charge is 2.18. The first kappa shape index (κ1) is 19.9. The van der Waals surface area contributed by atoms with E-state index in [0.29, 0.717) is 0 Å². The maximum absolute atomic E-state index is 5.82. The van der Waals surface area contributed by atoms with Crippen molar-refractivity contribution in [2.24, 2.45) is 0 Å². The molecule has 6 nitrogen and oxygen atoms in total. The standard InChI is InChI=1S/C22H27N3O3S/c1-26-19-5-7-20(8-6-19)27-15-3-9-24-10-12-25(13-11-24)16-18-17-29-22(23-18)21-4-2-14-28-21/h2,4-8,14,17H,3,9-13,15-16H2,1H3. The van der Waals surface area contributed by atoms with Crippen LogP contribution in [0.15, 0.2) is 52.5 Å². The Morgan fingerprint density at radius 2 is 1.79 bits per heavy atom. The number of thiazole rings is 1. The summed E-state index contributed by atoms with van der Waals surface area (Å²) in [5.74, 6) is 2.60. The van der Waals surface area contributed by atoms with Gasteiger partial charge in [0, 0.05) is 44.6 Å². The second kappa shape index (κ2) is 9.91. The summed E-state index contributed by atoms with van der Waals surface area (Å²) >= 11 is 1.65. The lowest BCUT2D eigenvalue weighted by Crippen LogP contribution is -2.46. The average Bonchev–Trinajstić information content (AvgIpc) is 3.45. The van der Waals surface area contributed by atoms with E-state index in [9.17, 15) is 0 Å². The van der Waals surface area contributed by atoms with Crippen LogP contribution in [0.1, 0.15) is 12.1 Å². The van der Waals surface area contributed by atoms with E-state index in [4.69, 9.17) is 18.9 Å². The van der Waals surface area contributed by atoms with E-state index in [1.165, 1.54) is 0 Å². The van der Waals surface area contributed by atoms with Crippen molar-refractivity contribution < 1.29 is 13.9 Å². The SMILES string of the molecule is COc1ccc(OCCCN2CCN(Cc3csc(-c4ccco4)n3)CC2)cc1. The number of hydrogen-bond acceptors (Lipinski definition) is 7. The van der Waals surface area contributed by atoms with Crippen LogP contribution in [-0.4, -0.2) is 61.2 Å². The van der Waals surface area contributed by atoms with Crippen LogP contribution in [-0.2, 0) is 6.54 Å². The Morgan fingerprint density at radius 1 is 1.03 bits per heavy atom. The first-order valence-corrected chi connectivity index (χ1v) is 10.9. The van der Waals surface area contributed by atoms with E-state index in [1.807, 2.05) is 36.4 Å². The minimum atomic E-state index is 0.737. The van der Waals surface area contributed by atoms with Crippen molar-refractivity contribution in [1.82, 2.24) is 14.8 Å². The third-order valence-electron chi connectivity index (χ3n) is 5.08. The Hall–Kier alpha value is -2.35. The Bertz CT molecular complexity index is 856. The van der Waals surface area contributed by atoms with Gasteiger partial charge in [-0.25, -0.2) is 4.98 Å². The lowest BCUT2D eigenvalue weighted by molar-refractivity contribution is 0.120. The molecule has 0 radical (unpaired) electrons. The number of nitrogens with zero attached hydrogens (tertiary/aromatic N) is 3. The molecule has 0 bridgehead atoms. The van der Waals surface area contributed by atoms with Crippen LogP contribution in [0.3, 0.4) is 0 Å². The first-order valence-electron chi connectivity index (χ1n) is 10.00.